The van der Waals surface area contributed by atoms with Crippen molar-refractivity contribution in [3.63, 3.8) is 0 Å². The Hall–Kier alpha value is -4.96. The van der Waals surface area contributed by atoms with E-state index in [9.17, 15) is 10.1 Å². The number of fused-ring (bicyclic) bond motifs is 1. The van der Waals surface area contributed by atoms with Crippen LogP contribution in [0.4, 0.5) is 5.69 Å². The van der Waals surface area contributed by atoms with Crippen LogP contribution in [-0.2, 0) is 10.3 Å². The minimum atomic E-state index is -0.798. The normalized spacial score (nSPS) is 16.8. The molecule has 0 spiro atoms. The molecule has 1 unspecified atom stereocenters. The Balaban J connectivity index is 1.60. The number of nitriles is 1. The van der Waals surface area contributed by atoms with Crippen LogP contribution in [0, 0.1) is 11.3 Å². The number of rotatable bonds is 6. The summed E-state index contributed by atoms with van der Waals surface area (Å²) in [7, 11) is 0. The molecule has 0 saturated heterocycles. The number of hydrogen-bond donors (Lipinski definition) is 2. The molecule has 0 saturated carbocycles. The maximum absolute atomic E-state index is 12.1. The van der Waals surface area contributed by atoms with Crippen LogP contribution in [0.5, 0.6) is 11.5 Å². The van der Waals surface area contributed by atoms with Crippen molar-refractivity contribution in [3.05, 3.63) is 114 Å². The van der Waals surface area contributed by atoms with Crippen molar-refractivity contribution in [2.75, 3.05) is 5.32 Å². The summed E-state index contributed by atoms with van der Waals surface area (Å²) in [6, 6.07) is 20.7. The van der Waals surface area contributed by atoms with Crippen molar-refractivity contribution in [3.8, 4) is 17.6 Å². The Morgan fingerprint density at radius 2 is 1.91 bits per heavy atom. The molecule has 2 aromatic heterocycles. The number of primary amides is 1. The molecule has 170 valence electrons. The number of ether oxygens (including phenoxy) is 1. The number of nitrogens with zero attached hydrogens (tertiary/aromatic N) is 3. The zero-order chi connectivity index (χ0) is 24.3. The minimum Gasteiger partial charge on any atom is -0.457 e. The SMILES string of the molecule is N#Cc1ccc2nccc(NC3(c4cccc(Oc5ccncc5)c4)C=CC=C(C(N)=O)C3)c2c1. The average Bonchev–Trinajstić information content (AvgIpc) is 2.89. The van der Waals surface area contributed by atoms with E-state index < -0.39 is 11.4 Å². The van der Waals surface area contributed by atoms with E-state index in [-0.39, 0.29) is 0 Å². The predicted molar refractivity (Wildman–Crippen MR) is 134 cm³/mol. The van der Waals surface area contributed by atoms with Gasteiger partial charge in [0.2, 0.25) is 5.91 Å². The van der Waals surface area contributed by atoms with Gasteiger partial charge in [-0.1, -0.05) is 30.4 Å². The average molecular weight is 460 g/mol. The fourth-order valence-electron chi connectivity index (χ4n) is 4.22. The first-order valence-corrected chi connectivity index (χ1v) is 11.0. The van der Waals surface area contributed by atoms with Gasteiger partial charge in [0, 0.05) is 41.7 Å². The zero-order valence-corrected chi connectivity index (χ0v) is 18.7. The number of amides is 1. The smallest absolute Gasteiger partial charge is 0.244 e. The molecule has 4 aromatic rings. The van der Waals surface area contributed by atoms with Gasteiger partial charge in [0.25, 0.3) is 0 Å². The summed E-state index contributed by atoms with van der Waals surface area (Å²) in [5.41, 5.74) is 8.33. The van der Waals surface area contributed by atoms with Crippen molar-refractivity contribution >= 4 is 22.5 Å². The van der Waals surface area contributed by atoms with Gasteiger partial charge in [-0.3, -0.25) is 14.8 Å². The molecule has 0 aliphatic heterocycles. The van der Waals surface area contributed by atoms with Gasteiger partial charge in [-0.15, -0.1) is 0 Å². The van der Waals surface area contributed by atoms with Crippen LogP contribution in [0.25, 0.3) is 10.9 Å². The summed E-state index contributed by atoms with van der Waals surface area (Å²) in [4.78, 5) is 20.6. The van der Waals surface area contributed by atoms with Crippen LogP contribution >= 0.6 is 0 Å². The fourth-order valence-corrected chi connectivity index (χ4v) is 4.22. The highest BCUT2D eigenvalue weighted by molar-refractivity contribution is 5.94. The number of carbonyl (C=O) groups excluding carboxylic acids is 1. The van der Waals surface area contributed by atoms with Gasteiger partial charge >= 0.3 is 0 Å². The lowest BCUT2D eigenvalue weighted by Gasteiger charge is -2.36. The Morgan fingerprint density at radius 1 is 1.06 bits per heavy atom. The van der Waals surface area contributed by atoms with Crippen LogP contribution in [0.15, 0.2) is 103 Å². The van der Waals surface area contributed by atoms with Gasteiger partial charge in [-0.2, -0.15) is 5.26 Å². The first-order chi connectivity index (χ1) is 17.1. The predicted octanol–water partition coefficient (Wildman–Crippen LogP) is 4.97. The zero-order valence-electron chi connectivity index (χ0n) is 18.7. The third-order valence-electron chi connectivity index (χ3n) is 5.93. The number of hydrogen-bond acceptors (Lipinski definition) is 6. The molecular formula is C28H21N5O2. The summed E-state index contributed by atoms with van der Waals surface area (Å²) >= 11 is 0. The molecule has 7 heteroatoms. The van der Waals surface area contributed by atoms with Gasteiger partial charge in [0.05, 0.1) is 22.7 Å². The maximum Gasteiger partial charge on any atom is 0.244 e. The van der Waals surface area contributed by atoms with E-state index in [2.05, 4.69) is 21.4 Å². The van der Waals surface area contributed by atoms with E-state index in [0.717, 1.165) is 22.2 Å². The van der Waals surface area contributed by atoms with Crippen molar-refractivity contribution in [2.24, 2.45) is 5.73 Å². The topological polar surface area (TPSA) is 114 Å². The lowest BCUT2D eigenvalue weighted by Crippen LogP contribution is -2.37. The second kappa shape index (κ2) is 9.12. The van der Waals surface area contributed by atoms with Gasteiger partial charge in [-0.05, 0) is 54.1 Å². The highest BCUT2D eigenvalue weighted by atomic mass is 16.5. The van der Waals surface area contributed by atoms with Crippen molar-refractivity contribution < 1.29 is 9.53 Å². The molecule has 5 rings (SSSR count). The van der Waals surface area contributed by atoms with Crippen LogP contribution in [0.1, 0.15) is 17.5 Å². The number of aromatic nitrogens is 2. The Bertz CT molecular complexity index is 1520. The molecule has 7 nitrogen and oxygen atoms in total. The molecule has 0 fully saturated rings. The Labute approximate surface area is 202 Å². The maximum atomic E-state index is 12.1. The third kappa shape index (κ3) is 4.45. The lowest BCUT2D eigenvalue weighted by atomic mass is 9.79. The summed E-state index contributed by atoms with van der Waals surface area (Å²) < 4.78 is 6.04. The summed E-state index contributed by atoms with van der Waals surface area (Å²) in [6.07, 6.45) is 10.9. The number of pyridine rings is 2. The standard InChI is InChI=1S/C28H21N5O2/c29-18-19-6-7-25-24(15-19)26(10-14-32-25)33-28(11-2-3-20(17-28)27(30)34)21-4-1-5-23(16-21)35-22-8-12-31-13-9-22/h1-16H,17H2,(H2,30,34)(H,32,33). The van der Waals surface area contributed by atoms with E-state index in [4.69, 9.17) is 10.5 Å². The van der Waals surface area contributed by atoms with Gasteiger partial charge in [0.15, 0.2) is 0 Å². The van der Waals surface area contributed by atoms with Crippen LogP contribution in [0.3, 0.4) is 0 Å². The third-order valence-corrected chi connectivity index (χ3v) is 5.93. The Morgan fingerprint density at radius 3 is 2.71 bits per heavy atom. The fraction of sp³-hybridized carbons (Fsp3) is 0.0714. The first kappa shape index (κ1) is 21.9. The number of nitrogens with two attached hydrogens (primary N) is 1. The number of benzene rings is 2. The molecule has 2 heterocycles. The second-order valence-corrected chi connectivity index (χ2v) is 8.20. The quantitative estimate of drug-likeness (QED) is 0.421. The molecule has 3 N–H and O–H groups in total. The molecule has 1 aliphatic carbocycles. The van der Waals surface area contributed by atoms with Crippen LogP contribution in [-0.4, -0.2) is 15.9 Å². The van der Waals surface area contributed by atoms with E-state index >= 15 is 0 Å². The van der Waals surface area contributed by atoms with Gasteiger partial charge in [-0.25, -0.2) is 0 Å². The van der Waals surface area contributed by atoms with E-state index in [1.807, 2.05) is 48.6 Å². The van der Waals surface area contributed by atoms with Crippen LogP contribution < -0.4 is 15.8 Å². The molecule has 35 heavy (non-hydrogen) atoms. The number of nitrogens with one attached hydrogen (secondary N) is 1. The molecular weight excluding hydrogens is 438 g/mol. The van der Waals surface area contributed by atoms with E-state index in [0.29, 0.717) is 29.1 Å². The second-order valence-electron chi connectivity index (χ2n) is 8.20. The molecule has 1 atom stereocenters. The molecule has 0 radical (unpaired) electrons. The number of carbonyl (C=O) groups is 1. The van der Waals surface area contributed by atoms with Crippen molar-refractivity contribution in [2.45, 2.75) is 12.0 Å². The van der Waals surface area contributed by atoms with E-state index in [1.165, 1.54) is 0 Å². The van der Waals surface area contributed by atoms with Crippen LogP contribution in [0.2, 0.25) is 0 Å². The molecule has 1 aliphatic rings. The molecule has 1 amide bonds. The van der Waals surface area contributed by atoms with Gasteiger partial charge in [0.1, 0.15) is 11.5 Å². The number of anilines is 1. The lowest BCUT2D eigenvalue weighted by molar-refractivity contribution is -0.114. The Kier molecular flexibility index (Phi) is 5.70. The summed E-state index contributed by atoms with van der Waals surface area (Å²) in [6.45, 7) is 0. The minimum absolute atomic E-state index is 0.333. The molecule has 0 bridgehead atoms. The molecule has 2 aromatic carbocycles. The first-order valence-electron chi connectivity index (χ1n) is 11.0. The highest BCUT2D eigenvalue weighted by Gasteiger charge is 2.34. The largest absolute Gasteiger partial charge is 0.457 e. The van der Waals surface area contributed by atoms with Crippen molar-refractivity contribution in [1.29, 1.82) is 5.26 Å². The summed E-state index contributed by atoms with van der Waals surface area (Å²) in [5, 5.41) is 13.8. The van der Waals surface area contributed by atoms with E-state index in [1.54, 1.807) is 48.9 Å². The summed E-state index contributed by atoms with van der Waals surface area (Å²) in [5.74, 6) is 0.834. The highest BCUT2D eigenvalue weighted by Crippen LogP contribution is 2.40. The monoisotopic (exact) mass is 459 g/mol. The van der Waals surface area contributed by atoms with Crippen molar-refractivity contribution in [1.82, 2.24) is 9.97 Å². The number of allylic oxidation sites excluding steroid dienone is 2. The van der Waals surface area contributed by atoms with Gasteiger partial charge < -0.3 is 15.8 Å².